The second-order valence-corrected chi connectivity index (χ2v) is 5.75. The van der Waals surface area contributed by atoms with Crippen molar-refractivity contribution < 1.29 is 0 Å². The molecule has 1 aromatic carbocycles. The zero-order valence-electron chi connectivity index (χ0n) is 11.9. The zero-order chi connectivity index (χ0) is 14.0. The van der Waals surface area contributed by atoms with Crippen molar-refractivity contribution in [3.8, 4) is 11.3 Å². The first-order valence-corrected chi connectivity index (χ1v) is 6.46. The van der Waals surface area contributed by atoms with Gasteiger partial charge in [-0.1, -0.05) is 51.1 Å². The van der Waals surface area contributed by atoms with Gasteiger partial charge in [0, 0.05) is 12.1 Å². The van der Waals surface area contributed by atoms with Crippen LogP contribution in [0.2, 0.25) is 0 Å². The second-order valence-electron chi connectivity index (χ2n) is 5.75. The Hall–Kier alpha value is -2.03. The molecule has 0 unspecified atom stereocenters. The van der Waals surface area contributed by atoms with Crippen LogP contribution in [0.25, 0.3) is 11.3 Å². The summed E-state index contributed by atoms with van der Waals surface area (Å²) in [5, 5.41) is 0. The highest BCUT2D eigenvalue weighted by molar-refractivity contribution is 5.70. The van der Waals surface area contributed by atoms with E-state index in [1.165, 1.54) is 5.56 Å². The fraction of sp³-hybridized carbons (Fsp3) is 0.312. The quantitative estimate of drug-likeness (QED) is 0.851. The van der Waals surface area contributed by atoms with E-state index in [9.17, 15) is 0 Å². The molecule has 1 aromatic heterocycles. The highest BCUT2D eigenvalue weighted by Gasteiger charge is 2.14. The zero-order valence-corrected chi connectivity index (χ0v) is 11.9. The van der Waals surface area contributed by atoms with Crippen molar-refractivity contribution >= 4 is 5.82 Å². The van der Waals surface area contributed by atoms with Crippen molar-refractivity contribution in [3.05, 3.63) is 48.8 Å². The van der Waals surface area contributed by atoms with Gasteiger partial charge in [-0.05, 0) is 11.0 Å². The Morgan fingerprint density at radius 2 is 1.89 bits per heavy atom. The van der Waals surface area contributed by atoms with Crippen LogP contribution in [0.3, 0.4) is 0 Å². The summed E-state index contributed by atoms with van der Waals surface area (Å²) in [6.07, 6.45) is 3.56. The molecule has 0 spiro atoms. The molecule has 0 amide bonds. The molecule has 0 aliphatic rings. The molecule has 100 valence electrons. The number of nitrogens with two attached hydrogens (primary N) is 1. The lowest BCUT2D eigenvalue weighted by Crippen LogP contribution is -2.10. The van der Waals surface area contributed by atoms with Crippen LogP contribution >= 0.6 is 0 Å². The predicted molar refractivity (Wildman–Crippen MR) is 81.0 cm³/mol. The van der Waals surface area contributed by atoms with Crippen molar-refractivity contribution in [2.45, 2.75) is 32.7 Å². The number of imidazole rings is 1. The predicted octanol–water partition coefficient (Wildman–Crippen LogP) is 3.62. The van der Waals surface area contributed by atoms with Crippen molar-refractivity contribution in [2.75, 3.05) is 5.73 Å². The van der Waals surface area contributed by atoms with Crippen molar-refractivity contribution in [3.63, 3.8) is 0 Å². The topological polar surface area (TPSA) is 43.8 Å². The van der Waals surface area contributed by atoms with E-state index in [0.717, 1.165) is 11.3 Å². The molecule has 2 N–H and O–H groups in total. The number of nitrogens with zero attached hydrogens (tertiary/aromatic N) is 2. The molecular weight excluding hydrogens is 234 g/mol. The molecule has 2 aromatic rings. The number of hydrogen-bond donors (Lipinski definition) is 1. The second kappa shape index (κ2) is 4.92. The van der Waals surface area contributed by atoms with Crippen LogP contribution in [0.5, 0.6) is 0 Å². The van der Waals surface area contributed by atoms with E-state index in [4.69, 9.17) is 5.73 Å². The first-order chi connectivity index (χ1) is 8.93. The Balaban J connectivity index is 2.35. The molecule has 0 atom stereocenters. The number of anilines is 1. The molecule has 1 heterocycles. The van der Waals surface area contributed by atoms with E-state index in [1.807, 2.05) is 10.6 Å². The van der Waals surface area contributed by atoms with Crippen LogP contribution in [0, 0.1) is 0 Å². The normalized spacial score (nSPS) is 11.5. The maximum atomic E-state index is 6.10. The van der Waals surface area contributed by atoms with E-state index < -0.39 is 0 Å². The monoisotopic (exact) mass is 255 g/mol. The third kappa shape index (κ3) is 2.70. The van der Waals surface area contributed by atoms with Gasteiger partial charge in [-0.3, -0.25) is 0 Å². The maximum Gasteiger partial charge on any atom is 0.131 e. The Morgan fingerprint density at radius 1 is 1.26 bits per heavy atom. The maximum absolute atomic E-state index is 6.10. The van der Waals surface area contributed by atoms with Crippen molar-refractivity contribution in [1.82, 2.24) is 9.55 Å². The largest absolute Gasteiger partial charge is 0.383 e. The average Bonchev–Trinajstić information content (AvgIpc) is 2.71. The molecule has 0 radical (unpaired) electrons. The minimum Gasteiger partial charge on any atom is -0.383 e. The highest BCUT2D eigenvalue weighted by atomic mass is 15.1. The molecule has 0 fully saturated rings. The fourth-order valence-electron chi connectivity index (χ4n) is 2.03. The molecule has 3 heteroatoms. The first-order valence-electron chi connectivity index (χ1n) is 6.46. The molecular formula is C16H21N3. The van der Waals surface area contributed by atoms with Gasteiger partial charge in [0.15, 0.2) is 0 Å². The molecule has 0 saturated heterocycles. The van der Waals surface area contributed by atoms with Gasteiger partial charge in [0.25, 0.3) is 0 Å². The van der Waals surface area contributed by atoms with Crippen LogP contribution in [-0.2, 0) is 12.0 Å². The molecule has 0 saturated carbocycles. The van der Waals surface area contributed by atoms with Crippen LogP contribution < -0.4 is 5.73 Å². The molecule has 19 heavy (non-hydrogen) atoms. The molecule has 0 aliphatic carbocycles. The standard InChI is InChI=1S/C16H21N3/c1-5-10-19-11-18-14(15(19)17)12-6-8-13(9-7-12)16(2,3)4/h5-9,11H,1,10,17H2,2-4H3. The Morgan fingerprint density at radius 3 is 2.42 bits per heavy atom. The number of hydrogen-bond acceptors (Lipinski definition) is 2. The summed E-state index contributed by atoms with van der Waals surface area (Å²) in [5.74, 6) is 0.684. The third-order valence-corrected chi connectivity index (χ3v) is 3.23. The fourth-order valence-corrected chi connectivity index (χ4v) is 2.03. The van der Waals surface area contributed by atoms with Gasteiger partial charge in [-0.2, -0.15) is 0 Å². The summed E-state index contributed by atoms with van der Waals surface area (Å²) >= 11 is 0. The number of nitrogen functional groups attached to an aromatic ring is 1. The number of aromatic nitrogens is 2. The summed E-state index contributed by atoms with van der Waals surface area (Å²) in [5.41, 5.74) is 9.45. The van der Waals surface area contributed by atoms with E-state index >= 15 is 0 Å². The Bertz CT molecular complexity index is 571. The smallest absolute Gasteiger partial charge is 0.131 e. The van der Waals surface area contributed by atoms with Gasteiger partial charge in [0.1, 0.15) is 11.5 Å². The van der Waals surface area contributed by atoms with Gasteiger partial charge in [-0.25, -0.2) is 4.98 Å². The lowest BCUT2D eigenvalue weighted by atomic mass is 9.86. The SMILES string of the molecule is C=CCn1cnc(-c2ccc(C(C)(C)C)cc2)c1N. The van der Waals surface area contributed by atoms with Crippen molar-refractivity contribution in [2.24, 2.45) is 0 Å². The van der Waals surface area contributed by atoms with Gasteiger partial charge in [0.2, 0.25) is 0 Å². The molecule has 2 rings (SSSR count). The van der Waals surface area contributed by atoms with Crippen LogP contribution in [0.4, 0.5) is 5.82 Å². The third-order valence-electron chi connectivity index (χ3n) is 3.23. The van der Waals surface area contributed by atoms with Gasteiger partial charge in [0.05, 0.1) is 6.33 Å². The summed E-state index contributed by atoms with van der Waals surface area (Å²) < 4.78 is 1.89. The van der Waals surface area contributed by atoms with Gasteiger partial charge >= 0.3 is 0 Å². The van der Waals surface area contributed by atoms with E-state index in [0.29, 0.717) is 12.4 Å². The summed E-state index contributed by atoms with van der Waals surface area (Å²) in [4.78, 5) is 4.39. The minimum absolute atomic E-state index is 0.159. The van der Waals surface area contributed by atoms with E-state index in [1.54, 1.807) is 6.33 Å². The summed E-state index contributed by atoms with van der Waals surface area (Å²) in [6.45, 7) is 11.0. The lowest BCUT2D eigenvalue weighted by Gasteiger charge is -2.19. The van der Waals surface area contributed by atoms with Crippen LogP contribution in [-0.4, -0.2) is 9.55 Å². The summed E-state index contributed by atoms with van der Waals surface area (Å²) in [6, 6.07) is 8.44. The Kier molecular flexibility index (Phi) is 3.47. The lowest BCUT2D eigenvalue weighted by molar-refractivity contribution is 0.590. The Labute approximate surface area is 114 Å². The van der Waals surface area contributed by atoms with E-state index in [-0.39, 0.29) is 5.41 Å². The van der Waals surface area contributed by atoms with Gasteiger partial charge in [-0.15, -0.1) is 6.58 Å². The highest BCUT2D eigenvalue weighted by Crippen LogP contribution is 2.28. The van der Waals surface area contributed by atoms with Gasteiger partial charge < -0.3 is 10.3 Å². The molecule has 0 aliphatic heterocycles. The minimum atomic E-state index is 0.159. The van der Waals surface area contributed by atoms with Crippen LogP contribution in [0.15, 0.2) is 43.2 Å². The number of rotatable bonds is 3. The van der Waals surface area contributed by atoms with Crippen molar-refractivity contribution in [1.29, 1.82) is 0 Å². The first kappa shape index (κ1) is 13.4. The number of allylic oxidation sites excluding steroid dienone is 1. The van der Waals surface area contributed by atoms with E-state index in [2.05, 4.69) is 56.6 Å². The molecule has 3 nitrogen and oxygen atoms in total. The van der Waals surface area contributed by atoms with Crippen LogP contribution in [0.1, 0.15) is 26.3 Å². The summed E-state index contributed by atoms with van der Waals surface area (Å²) in [7, 11) is 0. The number of benzene rings is 1. The molecule has 0 bridgehead atoms. The average molecular weight is 255 g/mol.